The molecule has 0 aromatic heterocycles. The Kier molecular flexibility index (Phi) is 7.44. The van der Waals surface area contributed by atoms with Crippen molar-refractivity contribution in [2.45, 2.75) is 57.2 Å². The number of hydrogen-bond donors (Lipinski definition) is 0. The van der Waals surface area contributed by atoms with E-state index in [1.54, 1.807) is 7.11 Å². The summed E-state index contributed by atoms with van der Waals surface area (Å²) in [6.07, 6.45) is 5.79. The van der Waals surface area contributed by atoms with E-state index in [0.717, 1.165) is 5.56 Å². The van der Waals surface area contributed by atoms with Gasteiger partial charge in [-0.15, -0.1) is 0 Å². The fourth-order valence-electron chi connectivity index (χ4n) is 4.73. The van der Waals surface area contributed by atoms with E-state index in [1.165, 1.54) is 36.8 Å². The first-order valence-electron chi connectivity index (χ1n) is 10.6. The number of rotatable bonds is 8. The van der Waals surface area contributed by atoms with Crippen LogP contribution >= 0.6 is 0 Å². The van der Waals surface area contributed by atoms with Gasteiger partial charge in [0, 0.05) is 7.11 Å². The van der Waals surface area contributed by atoms with E-state index in [1.807, 2.05) is 36.4 Å². The van der Waals surface area contributed by atoms with Crippen LogP contribution in [0.5, 0.6) is 0 Å². The largest absolute Gasteiger partial charge is 0.374 e. The standard InChI is InChI=1S/C26H33FO/c1-4-20-10-12-22(13-11-20)23-16-14-21(15-17-23)19(2)18-25(27)26(28-3)24-8-6-5-7-9-24/h4-13,19,21,23,25-26H,1,14-18H2,2-3H3/t19?,21-,23-,25?,26?. The van der Waals surface area contributed by atoms with Crippen LogP contribution in [-0.4, -0.2) is 13.3 Å². The molecule has 0 N–H and O–H groups in total. The molecule has 2 heteroatoms. The zero-order valence-electron chi connectivity index (χ0n) is 17.2. The molecule has 3 rings (SSSR count). The lowest BCUT2D eigenvalue weighted by molar-refractivity contribution is 0.0154. The SMILES string of the molecule is C=Cc1ccc([C@H]2CC[C@H](C(C)CC(F)C(OC)c3ccccc3)CC2)cc1. The number of halogens is 1. The highest BCUT2D eigenvalue weighted by molar-refractivity contribution is 5.47. The molecule has 2 aromatic rings. The smallest absolute Gasteiger partial charge is 0.131 e. The summed E-state index contributed by atoms with van der Waals surface area (Å²) >= 11 is 0. The van der Waals surface area contributed by atoms with Crippen LogP contribution in [0, 0.1) is 11.8 Å². The first-order valence-corrected chi connectivity index (χ1v) is 10.6. The lowest BCUT2D eigenvalue weighted by atomic mass is 9.73. The van der Waals surface area contributed by atoms with Gasteiger partial charge in [0.25, 0.3) is 0 Å². The third kappa shape index (κ3) is 5.11. The Morgan fingerprint density at radius 2 is 1.68 bits per heavy atom. The summed E-state index contributed by atoms with van der Waals surface area (Å²) in [5.74, 6) is 1.62. The molecule has 0 radical (unpaired) electrons. The van der Waals surface area contributed by atoms with Crippen LogP contribution in [0.1, 0.15) is 67.7 Å². The van der Waals surface area contributed by atoms with Crippen LogP contribution in [-0.2, 0) is 4.74 Å². The van der Waals surface area contributed by atoms with E-state index < -0.39 is 12.3 Å². The minimum atomic E-state index is -0.966. The van der Waals surface area contributed by atoms with Gasteiger partial charge in [-0.2, -0.15) is 0 Å². The van der Waals surface area contributed by atoms with Crippen molar-refractivity contribution in [3.05, 3.63) is 77.9 Å². The maximum absolute atomic E-state index is 15.0. The van der Waals surface area contributed by atoms with Crippen molar-refractivity contribution in [3.63, 3.8) is 0 Å². The first-order chi connectivity index (χ1) is 13.6. The van der Waals surface area contributed by atoms with Gasteiger partial charge in [-0.05, 0) is 66.5 Å². The molecule has 1 nitrogen and oxygen atoms in total. The molecular weight excluding hydrogens is 347 g/mol. The molecule has 0 amide bonds. The molecule has 0 bridgehead atoms. The van der Waals surface area contributed by atoms with Crippen molar-refractivity contribution in [2.24, 2.45) is 11.8 Å². The summed E-state index contributed by atoms with van der Waals surface area (Å²) in [5, 5.41) is 0. The van der Waals surface area contributed by atoms with Crippen LogP contribution in [0.4, 0.5) is 4.39 Å². The van der Waals surface area contributed by atoms with Gasteiger partial charge < -0.3 is 4.74 Å². The highest BCUT2D eigenvalue weighted by atomic mass is 19.1. The third-order valence-electron chi connectivity index (χ3n) is 6.53. The van der Waals surface area contributed by atoms with Crippen molar-refractivity contribution in [3.8, 4) is 0 Å². The summed E-state index contributed by atoms with van der Waals surface area (Å²) in [6.45, 7) is 6.04. The number of benzene rings is 2. The highest BCUT2D eigenvalue weighted by Gasteiger charge is 2.30. The van der Waals surface area contributed by atoms with E-state index in [2.05, 4.69) is 37.8 Å². The minimum absolute atomic E-state index is 0.375. The van der Waals surface area contributed by atoms with Gasteiger partial charge in [0.15, 0.2) is 0 Å². The number of methoxy groups -OCH3 is 1. The molecule has 2 aromatic carbocycles. The van der Waals surface area contributed by atoms with Gasteiger partial charge in [0.05, 0.1) is 0 Å². The average Bonchev–Trinajstić information content (AvgIpc) is 2.75. The van der Waals surface area contributed by atoms with Crippen molar-refractivity contribution >= 4 is 6.08 Å². The second kappa shape index (κ2) is 10.0. The minimum Gasteiger partial charge on any atom is -0.374 e. The molecule has 0 heterocycles. The van der Waals surface area contributed by atoms with Gasteiger partial charge >= 0.3 is 0 Å². The number of ether oxygens (including phenoxy) is 1. The summed E-state index contributed by atoms with van der Waals surface area (Å²) < 4.78 is 20.5. The summed E-state index contributed by atoms with van der Waals surface area (Å²) in [6, 6.07) is 18.5. The number of alkyl halides is 1. The van der Waals surface area contributed by atoms with Gasteiger partial charge in [-0.1, -0.05) is 74.2 Å². The van der Waals surface area contributed by atoms with E-state index >= 15 is 4.39 Å². The van der Waals surface area contributed by atoms with E-state index in [9.17, 15) is 0 Å². The lowest BCUT2D eigenvalue weighted by Gasteiger charge is -2.34. The Morgan fingerprint density at radius 3 is 2.25 bits per heavy atom. The molecule has 28 heavy (non-hydrogen) atoms. The Labute approximate surface area is 169 Å². The topological polar surface area (TPSA) is 9.23 Å². The van der Waals surface area contributed by atoms with Crippen molar-refractivity contribution < 1.29 is 9.13 Å². The van der Waals surface area contributed by atoms with E-state index in [4.69, 9.17) is 4.74 Å². The Hall–Kier alpha value is -1.93. The van der Waals surface area contributed by atoms with Crippen molar-refractivity contribution in [2.75, 3.05) is 7.11 Å². The molecular formula is C26H33FO. The monoisotopic (exact) mass is 380 g/mol. The van der Waals surface area contributed by atoms with Crippen molar-refractivity contribution in [1.82, 2.24) is 0 Å². The normalized spacial score (nSPS) is 23.0. The molecule has 1 aliphatic carbocycles. The van der Waals surface area contributed by atoms with Gasteiger partial charge in [0.1, 0.15) is 12.3 Å². The fourth-order valence-corrected chi connectivity index (χ4v) is 4.73. The second-order valence-electron chi connectivity index (χ2n) is 8.28. The molecule has 0 spiro atoms. The molecule has 0 aliphatic heterocycles. The molecule has 1 saturated carbocycles. The third-order valence-corrected chi connectivity index (χ3v) is 6.53. The molecule has 0 saturated heterocycles. The average molecular weight is 381 g/mol. The fraction of sp³-hybridized carbons (Fsp3) is 0.462. The molecule has 3 atom stereocenters. The zero-order chi connectivity index (χ0) is 19.9. The van der Waals surface area contributed by atoms with Crippen LogP contribution in [0.3, 0.4) is 0 Å². The first kappa shape index (κ1) is 20.8. The molecule has 1 fully saturated rings. The predicted octanol–water partition coefficient (Wildman–Crippen LogP) is 7.36. The van der Waals surface area contributed by atoms with E-state index in [-0.39, 0.29) is 0 Å². The van der Waals surface area contributed by atoms with Gasteiger partial charge in [-0.25, -0.2) is 4.39 Å². The maximum atomic E-state index is 15.0. The second-order valence-corrected chi connectivity index (χ2v) is 8.28. The quantitative estimate of drug-likeness (QED) is 0.465. The van der Waals surface area contributed by atoms with Crippen molar-refractivity contribution in [1.29, 1.82) is 0 Å². The van der Waals surface area contributed by atoms with Crippen LogP contribution in [0.25, 0.3) is 6.08 Å². The predicted molar refractivity (Wildman–Crippen MR) is 116 cm³/mol. The Morgan fingerprint density at radius 1 is 1.04 bits per heavy atom. The highest BCUT2D eigenvalue weighted by Crippen LogP contribution is 2.41. The lowest BCUT2D eigenvalue weighted by Crippen LogP contribution is -2.25. The Balaban J connectivity index is 1.52. The van der Waals surface area contributed by atoms with Crippen LogP contribution in [0.15, 0.2) is 61.2 Å². The summed E-state index contributed by atoms with van der Waals surface area (Å²) in [7, 11) is 1.61. The number of hydrogen-bond acceptors (Lipinski definition) is 1. The van der Waals surface area contributed by atoms with Crippen LogP contribution < -0.4 is 0 Å². The molecule has 150 valence electrons. The molecule has 1 aliphatic rings. The van der Waals surface area contributed by atoms with Crippen LogP contribution in [0.2, 0.25) is 0 Å². The molecule has 3 unspecified atom stereocenters. The maximum Gasteiger partial charge on any atom is 0.131 e. The van der Waals surface area contributed by atoms with Gasteiger partial charge in [-0.3, -0.25) is 0 Å². The Bertz CT molecular complexity index is 716. The zero-order valence-corrected chi connectivity index (χ0v) is 17.2. The summed E-state index contributed by atoms with van der Waals surface area (Å²) in [4.78, 5) is 0. The summed E-state index contributed by atoms with van der Waals surface area (Å²) in [5.41, 5.74) is 3.53. The van der Waals surface area contributed by atoms with Gasteiger partial charge in [0.2, 0.25) is 0 Å². The van der Waals surface area contributed by atoms with E-state index in [0.29, 0.717) is 24.2 Å².